The number of H-pyrrole nitrogens is 1. The van der Waals surface area contributed by atoms with E-state index >= 15 is 0 Å². The normalized spacial score (nSPS) is 16.9. The first-order valence-electron chi connectivity index (χ1n) is 6.34. The molecule has 0 radical (unpaired) electrons. The highest BCUT2D eigenvalue weighted by molar-refractivity contribution is 5.84. The number of nitrogens with one attached hydrogen (secondary N) is 1. The van der Waals surface area contributed by atoms with Crippen LogP contribution in [0.15, 0.2) is 24.4 Å². The van der Waals surface area contributed by atoms with E-state index in [2.05, 4.69) is 16.1 Å². The number of fused-ring (bicyclic) bond motifs is 1. The zero-order valence-electron chi connectivity index (χ0n) is 9.95. The van der Waals surface area contributed by atoms with Crippen LogP contribution in [0, 0.1) is 0 Å². The molecule has 0 saturated carbocycles. The summed E-state index contributed by atoms with van der Waals surface area (Å²) in [5.41, 5.74) is 2.38. The standard InChI is InChI=1S/C14H18N2O/c17-12-3-4-13-11(10-15-14(13)9-12)5-8-16-6-1-2-7-16/h3-4,9-10,15,17H,1-2,5-8H2. The van der Waals surface area contributed by atoms with E-state index in [1.165, 1.54) is 36.9 Å². The van der Waals surface area contributed by atoms with Crippen LogP contribution in [0.1, 0.15) is 18.4 Å². The molecule has 0 atom stereocenters. The third-order valence-corrected chi connectivity index (χ3v) is 3.65. The molecule has 1 aliphatic heterocycles. The number of hydrogen-bond acceptors (Lipinski definition) is 2. The number of phenolic OH excluding ortho intramolecular Hbond substituents is 1. The molecule has 1 saturated heterocycles. The van der Waals surface area contributed by atoms with Gasteiger partial charge in [-0.2, -0.15) is 0 Å². The topological polar surface area (TPSA) is 39.3 Å². The van der Waals surface area contributed by atoms with Gasteiger partial charge in [-0.15, -0.1) is 0 Å². The van der Waals surface area contributed by atoms with Gasteiger partial charge in [0.1, 0.15) is 5.75 Å². The van der Waals surface area contributed by atoms with Crippen LogP contribution in [-0.4, -0.2) is 34.6 Å². The van der Waals surface area contributed by atoms with E-state index in [9.17, 15) is 5.11 Å². The van der Waals surface area contributed by atoms with Gasteiger partial charge < -0.3 is 15.0 Å². The Bertz CT molecular complexity index is 512. The average molecular weight is 230 g/mol. The van der Waals surface area contributed by atoms with Crippen LogP contribution in [0.5, 0.6) is 5.75 Å². The minimum atomic E-state index is 0.324. The Morgan fingerprint density at radius 3 is 2.88 bits per heavy atom. The molecular weight excluding hydrogens is 212 g/mol. The number of nitrogens with zero attached hydrogens (tertiary/aromatic N) is 1. The summed E-state index contributed by atoms with van der Waals surface area (Å²) < 4.78 is 0. The molecule has 3 heteroatoms. The van der Waals surface area contributed by atoms with Crippen molar-refractivity contribution in [2.75, 3.05) is 19.6 Å². The minimum Gasteiger partial charge on any atom is -0.508 e. The van der Waals surface area contributed by atoms with E-state index in [4.69, 9.17) is 0 Å². The van der Waals surface area contributed by atoms with E-state index in [0.717, 1.165) is 18.5 Å². The van der Waals surface area contributed by atoms with Crippen LogP contribution >= 0.6 is 0 Å². The van der Waals surface area contributed by atoms with Gasteiger partial charge in [0.05, 0.1) is 0 Å². The lowest BCUT2D eigenvalue weighted by Crippen LogP contribution is -2.21. The van der Waals surface area contributed by atoms with Crippen molar-refractivity contribution in [2.45, 2.75) is 19.3 Å². The van der Waals surface area contributed by atoms with Gasteiger partial charge >= 0.3 is 0 Å². The molecule has 1 aliphatic rings. The van der Waals surface area contributed by atoms with Crippen LogP contribution in [0.2, 0.25) is 0 Å². The second-order valence-electron chi connectivity index (χ2n) is 4.84. The summed E-state index contributed by atoms with van der Waals surface area (Å²) in [4.78, 5) is 5.75. The fraction of sp³-hybridized carbons (Fsp3) is 0.429. The third kappa shape index (κ3) is 2.15. The van der Waals surface area contributed by atoms with Gasteiger partial charge in [-0.3, -0.25) is 0 Å². The van der Waals surface area contributed by atoms with E-state index in [1.54, 1.807) is 12.1 Å². The zero-order valence-corrected chi connectivity index (χ0v) is 9.95. The number of hydrogen-bond donors (Lipinski definition) is 2. The molecule has 2 aromatic rings. The van der Waals surface area contributed by atoms with Crippen molar-refractivity contribution in [3.8, 4) is 5.75 Å². The van der Waals surface area contributed by atoms with Gasteiger partial charge in [0.15, 0.2) is 0 Å². The molecule has 1 aromatic carbocycles. The van der Waals surface area contributed by atoms with Crippen molar-refractivity contribution in [3.05, 3.63) is 30.0 Å². The fourth-order valence-electron chi connectivity index (χ4n) is 2.67. The molecule has 2 N–H and O–H groups in total. The van der Waals surface area contributed by atoms with Crippen LogP contribution in [-0.2, 0) is 6.42 Å². The Morgan fingerprint density at radius 2 is 2.06 bits per heavy atom. The Kier molecular flexibility index (Phi) is 2.77. The SMILES string of the molecule is Oc1ccc2c(CCN3CCCC3)c[nH]c2c1. The Balaban J connectivity index is 1.76. The maximum atomic E-state index is 9.41. The number of likely N-dealkylation sites (tertiary alicyclic amines) is 1. The van der Waals surface area contributed by atoms with Gasteiger partial charge in [-0.05, 0) is 50.0 Å². The van der Waals surface area contributed by atoms with E-state index < -0.39 is 0 Å². The lowest BCUT2D eigenvalue weighted by Gasteiger charge is -2.13. The maximum absolute atomic E-state index is 9.41. The fourth-order valence-corrected chi connectivity index (χ4v) is 2.67. The first-order chi connectivity index (χ1) is 8.33. The number of aromatic nitrogens is 1. The van der Waals surface area contributed by atoms with Gasteiger partial charge in [-0.1, -0.05) is 0 Å². The molecule has 2 heterocycles. The summed E-state index contributed by atoms with van der Waals surface area (Å²) in [5, 5.41) is 10.7. The molecule has 1 aromatic heterocycles. The van der Waals surface area contributed by atoms with Gasteiger partial charge in [0.2, 0.25) is 0 Å². The monoisotopic (exact) mass is 230 g/mol. The number of aromatic hydroxyl groups is 1. The smallest absolute Gasteiger partial charge is 0.117 e. The summed E-state index contributed by atoms with van der Waals surface area (Å²) >= 11 is 0. The zero-order chi connectivity index (χ0) is 11.7. The molecule has 0 amide bonds. The lowest BCUT2D eigenvalue weighted by atomic mass is 10.1. The first-order valence-corrected chi connectivity index (χ1v) is 6.34. The molecule has 3 rings (SSSR count). The summed E-state index contributed by atoms with van der Waals surface area (Å²) in [7, 11) is 0. The van der Waals surface area contributed by atoms with Crippen molar-refractivity contribution in [3.63, 3.8) is 0 Å². The van der Waals surface area contributed by atoms with Gasteiger partial charge in [-0.25, -0.2) is 0 Å². The Labute approximate surface area is 101 Å². The number of benzene rings is 1. The van der Waals surface area contributed by atoms with Crippen LogP contribution in [0.3, 0.4) is 0 Å². The van der Waals surface area contributed by atoms with E-state index in [1.807, 2.05) is 6.07 Å². The quantitative estimate of drug-likeness (QED) is 0.850. The Hall–Kier alpha value is -1.48. The van der Waals surface area contributed by atoms with E-state index in [-0.39, 0.29) is 0 Å². The van der Waals surface area contributed by atoms with Gasteiger partial charge in [0, 0.05) is 29.7 Å². The minimum absolute atomic E-state index is 0.324. The molecule has 0 bridgehead atoms. The van der Waals surface area contributed by atoms with Crippen molar-refractivity contribution in [2.24, 2.45) is 0 Å². The predicted octanol–water partition coefficient (Wildman–Crippen LogP) is 2.51. The molecule has 3 nitrogen and oxygen atoms in total. The molecule has 17 heavy (non-hydrogen) atoms. The van der Waals surface area contributed by atoms with E-state index in [0.29, 0.717) is 5.75 Å². The van der Waals surface area contributed by atoms with Crippen LogP contribution < -0.4 is 0 Å². The Morgan fingerprint density at radius 1 is 1.24 bits per heavy atom. The van der Waals surface area contributed by atoms with Crippen molar-refractivity contribution >= 4 is 10.9 Å². The van der Waals surface area contributed by atoms with Crippen LogP contribution in [0.25, 0.3) is 10.9 Å². The molecular formula is C14H18N2O. The van der Waals surface area contributed by atoms with Crippen molar-refractivity contribution < 1.29 is 5.11 Å². The largest absolute Gasteiger partial charge is 0.508 e. The number of rotatable bonds is 3. The molecule has 0 spiro atoms. The molecule has 90 valence electrons. The predicted molar refractivity (Wildman–Crippen MR) is 69.3 cm³/mol. The lowest BCUT2D eigenvalue weighted by molar-refractivity contribution is 0.344. The third-order valence-electron chi connectivity index (χ3n) is 3.65. The highest BCUT2D eigenvalue weighted by atomic mass is 16.3. The molecule has 0 unspecified atom stereocenters. The first kappa shape index (κ1) is 10.7. The second kappa shape index (κ2) is 4.41. The summed E-state index contributed by atoms with van der Waals surface area (Å²) in [5.74, 6) is 0.324. The highest BCUT2D eigenvalue weighted by Gasteiger charge is 2.12. The second-order valence-corrected chi connectivity index (χ2v) is 4.84. The molecule has 0 aliphatic carbocycles. The highest BCUT2D eigenvalue weighted by Crippen LogP contribution is 2.23. The number of aromatic amines is 1. The van der Waals surface area contributed by atoms with Crippen molar-refractivity contribution in [1.82, 2.24) is 9.88 Å². The summed E-state index contributed by atoms with van der Waals surface area (Å²) in [6.07, 6.45) is 5.86. The summed E-state index contributed by atoms with van der Waals surface area (Å²) in [6.45, 7) is 3.65. The average Bonchev–Trinajstić information content (AvgIpc) is 2.94. The van der Waals surface area contributed by atoms with Crippen molar-refractivity contribution in [1.29, 1.82) is 0 Å². The van der Waals surface area contributed by atoms with Gasteiger partial charge in [0.25, 0.3) is 0 Å². The molecule has 1 fully saturated rings. The summed E-state index contributed by atoms with van der Waals surface area (Å²) in [6, 6.07) is 5.55. The maximum Gasteiger partial charge on any atom is 0.117 e. The number of phenols is 1. The van der Waals surface area contributed by atoms with Crippen LogP contribution in [0.4, 0.5) is 0 Å².